The molecule has 0 aromatic carbocycles. The van der Waals surface area contributed by atoms with Gasteiger partial charge in [0.1, 0.15) is 0 Å². The van der Waals surface area contributed by atoms with Crippen molar-refractivity contribution in [1.82, 2.24) is 0 Å². The topological polar surface area (TPSA) is 120 Å². The largest absolute Gasteiger partial charge is 3.00 e. The molecule has 0 aliphatic rings. The molecule has 0 fully saturated rings. The fourth-order valence-corrected chi connectivity index (χ4v) is 0. The van der Waals surface area contributed by atoms with Crippen LogP contribution in [0.3, 0.4) is 0 Å². The smallest absolute Gasteiger partial charge is 0.870 e. The van der Waals surface area contributed by atoms with E-state index < -0.39 is 0 Å². The summed E-state index contributed by atoms with van der Waals surface area (Å²) >= 11 is 0. The molecule has 0 bridgehead atoms. The van der Waals surface area contributed by atoms with Crippen LogP contribution in [0, 0.1) is 0 Å². The van der Waals surface area contributed by atoms with E-state index in [1.165, 1.54) is 0 Å². The minimum Gasteiger partial charge on any atom is -0.870 e. The van der Waals surface area contributed by atoms with Gasteiger partial charge in [-0.15, -0.1) is 0 Å². The third kappa shape index (κ3) is 65.8. The van der Waals surface area contributed by atoms with E-state index in [1.54, 1.807) is 0 Å². The fourth-order valence-electron chi connectivity index (χ4n) is 0. The Morgan fingerprint density at radius 2 is 0.571 bits per heavy atom. The SMILES string of the molecule is [Bi+3].[Nb+2].[OH-].[OH-].[OH-].[OH-].[Ti]. The van der Waals surface area contributed by atoms with Crippen molar-refractivity contribution in [2.45, 2.75) is 0 Å². The Morgan fingerprint density at radius 3 is 0.571 bits per heavy atom. The normalized spacial score (nSPS) is 0. The molecule has 4 nitrogen and oxygen atoms in total. The maximum Gasteiger partial charge on any atom is 3.00 e. The van der Waals surface area contributed by atoms with Crippen molar-refractivity contribution in [1.29, 1.82) is 0 Å². The van der Waals surface area contributed by atoms with Gasteiger partial charge in [-0.3, -0.25) is 0 Å². The number of hydrogen-bond donors (Lipinski definition) is 0. The third-order valence-corrected chi connectivity index (χ3v) is 0. The van der Waals surface area contributed by atoms with E-state index in [-0.39, 0.29) is 92.2 Å². The van der Waals surface area contributed by atoms with Gasteiger partial charge in [0, 0.05) is 21.7 Å². The van der Waals surface area contributed by atoms with Crippen LogP contribution in [0.15, 0.2) is 0 Å². The minimum atomic E-state index is 0. The molecule has 0 aliphatic heterocycles. The Bertz CT molecular complexity index is 11.7. The molecular formula is H4BiNbO4Ti+. The molecule has 0 amide bonds. The quantitative estimate of drug-likeness (QED) is 0.465. The summed E-state index contributed by atoms with van der Waals surface area (Å²) in [7, 11) is 0. The van der Waals surface area contributed by atoms with Gasteiger partial charge >= 0.3 is 48.6 Å². The van der Waals surface area contributed by atoms with Crippen LogP contribution in [0.2, 0.25) is 0 Å². The molecule has 0 aromatic rings. The molecule has 41 valence electrons. The van der Waals surface area contributed by atoms with Crippen LogP contribution in [0.4, 0.5) is 0 Å². The molecule has 0 heterocycles. The van der Waals surface area contributed by atoms with E-state index in [9.17, 15) is 0 Å². The van der Waals surface area contributed by atoms with Crippen LogP contribution >= 0.6 is 0 Å². The van der Waals surface area contributed by atoms with E-state index in [4.69, 9.17) is 0 Å². The zero-order valence-corrected chi connectivity index (χ0v) is 10.4. The number of rotatable bonds is 0. The van der Waals surface area contributed by atoms with Crippen LogP contribution in [0.5, 0.6) is 0 Å². The first kappa shape index (κ1) is 129. The Morgan fingerprint density at radius 1 is 0.571 bits per heavy atom. The molecule has 7 heteroatoms. The first-order valence-electron chi connectivity index (χ1n) is 0. The van der Waals surface area contributed by atoms with Gasteiger partial charge in [0.25, 0.3) is 0 Å². The van der Waals surface area contributed by atoms with E-state index >= 15 is 0 Å². The summed E-state index contributed by atoms with van der Waals surface area (Å²) < 4.78 is 0. The second-order valence-electron chi connectivity index (χ2n) is 0. The first-order chi connectivity index (χ1) is 0. The zero-order chi connectivity index (χ0) is 0. The molecule has 0 atom stereocenters. The van der Waals surface area contributed by atoms with Crippen molar-refractivity contribution >= 4 is 26.2 Å². The standard InChI is InChI=1S/Bi.Nb.4H2O.Ti/h;;4*1H2;/q+3;+2;;;;;/p-4. The van der Waals surface area contributed by atoms with E-state index in [2.05, 4.69) is 0 Å². The van der Waals surface area contributed by atoms with E-state index in [0.29, 0.717) is 0 Å². The van der Waals surface area contributed by atoms with Gasteiger partial charge in [0.15, 0.2) is 0 Å². The second-order valence-corrected chi connectivity index (χ2v) is 0. The molecule has 0 aromatic heterocycles. The number of hydrogen-bond acceptors (Lipinski definition) is 4. The van der Waals surface area contributed by atoms with Crippen LogP contribution in [-0.4, -0.2) is 48.1 Å². The summed E-state index contributed by atoms with van der Waals surface area (Å²) in [6.07, 6.45) is 0. The summed E-state index contributed by atoms with van der Waals surface area (Å²) in [6, 6.07) is 0. The molecular weight excluding hydrogens is 414 g/mol. The molecule has 3 radical (unpaired) electrons. The molecule has 7 heavy (non-hydrogen) atoms. The van der Waals surface area contributed by atoms with Gasteiger partial charge in [-0.2, -0.15) is 0 Å². The first-order valence-corrected chi connectivity index (χ1v) is 0. The summed E-state index contributed by atoms with van der Waals surface area (Å²) in [6.45, 7) is 0. The summed E-state index contributed by atoms with van der Waals surface area (Å²) in [4.78, 5) is 0. The van der Waals surface area contributed by atoms with Gasteiger partial charge in [0.2, 0.25) is 0 Å². The Balaban J connectivity index is 0. The van der Waals surface area contributed by atoms with Crippen molar-refractivity contribution in [3.63, 3.8) is 0 Å². The maximum atomic E-state index is 0. The molecule has 0 aliphatic carbocycles. The van der Waals surface area contributed by atoms with Crippen molar-refractivity contribution in [2.75, 3.05) is 0 Å². The van der Waals surface area contributed by atoms with Gasteiger partial charge in [0.05, 0.1) is 0 Å². The van der Waals surface area contributed by atoms with Crippen LogP contribution in [0.1, 0.15) is 0 Å². The van der Waals surface area contributed by atoms with Crippen molar-refractivity contribution in [3.8, 4) is 0 Å². The summed E-state index contributed by atoms with van der Waals surface area (Å²) in [5.41, 5.74) is 0. The molecule has 0 rings (SSSR count). The minimum absolute atomic E-state index is 0. The molecule has 0 unspecified atom stereocenters. The maximum absolute atomic E-state index is 0. The molecule has 0 saturated heterocycles. The van der Waals surface area contributed by atoms with Gasteiger partial charge in [-0.25, -0.2) is 0 Å². The van der Waals surface area contributed by atoms with Gasteiger partial charge in [-0.1, -0.05) is 0 Å². The van der Waals surface area contributed by atoms with E-state index in [1.807, 2.05) is 0 Å². The molecule has 0 spiro atoms. The van der Waals surface area contributed by atoms with Crippen LogP contribution in [0.25, 0.3) is 0 Å². The Labute approximate surface area is 91.2 Å². The Hall–Kier alpha value is 2.18. The average Bonchev–Trinajstić information content (AvgIpc) is 0. The van der Waals surface area contributed by atoms with Crippen molar-refractivity contribution in [3.05, 3.63) is 0 Å². The third-order valence-electron chi connectivity index (χ3n) is 0. The monoisotopic (exact) mass is 418 g/mol. The molecule has 0 saturated carbocycles. The summed E-state index contributed by atoms with van der Waals surface area (Å²) in [5.74, 6) is 0. The summed E-state index contributed by atoms with van der Waals surface area (Å²) in [5, 5.41) is 0. The molecule has 4 N–H and O–H groups in total. The predicted molar refractivity (Wildman–Crippen MR) is 13.5 cm³/mol. The van der Waals surface area contributed by atoms with Crippen LogP contribution < -0.4 is 0 Å². The zero-order valence-electron chi connectivity index (χ0n) is 3.18. The van der Waals surface area contributed by atoms with Crippen molar-refractivity contribution in [2.24, 2.45) is 0 Å². The Kier molecular flexibility index (Phi) is 1640. The van der Waals surface area contributed by atoms with Gasteiger partial charge in [-0.05, 0) is 0 Å². The fraction of sp³-hybridized carbons (Fsp3) is 0. The van der Waals surface area contributed by atoms with E-state index in [0.717, 1.165) is 0 Å². The van der Waals surface area contributed by atoms with Crippen LogP contribution in [-0.2, 0) is 44.1 Å². The van der Waals surface area contributed by atoms with Gasteiger partial charge < -0.3 is 21.9 Å². The van der Waals surface area contributed by atoms with Crippen molar-refractivity contribution < 1.29 is 66.0 Å². The second kappa shape index (κ2) is 88.8. The average molecular weight is 418 g/mol. The predicted octanol–water partition coefficient (Wildman–Crippen LogP) is -1.09.